The summed E-state index contributed by atoms with van der Waals surface area (Å²) >= 11 is 0. The molecule has 2 N–H and O–H groups in total. The third-order valence-corrected chi connectivity index (χ3v) is 2.33. The first-order valence-electron chi connectivity index (χ1n) is 6.65. The average molecular weight is 287 g/mol. The summed E-state index contributed by atoms with van der Waals surface area (Å²) in [6.45, 7) is 3.78. The van der Waals surface area contributed by atoms with E-state index in [1.807, 2.05) is 0 Å². The van der Waals surface area contributed by atoms with Crippen LogP contribution in [0.25, 0.3) is 0 Å². The van der Waals surface area contributed by atoms with E-state index in [0.717, 1.165) is 0 Å². The van der Waals surface area contributed by atoms with Crippen LogP contribution in [0.2, 0.25) is 0 Å². The standard InChI is InChI=1S/C14H22FNO4/c15-13-3-1-2-4-14(13)20-12-11-19-10-9-18-8-7-17-6-5-16/h1-4H,5-12,16H2. The number of rotatable bonds is 12. The number of hydrogen-bond acceptors (Lipinski definition) is 5. The van der Waals surface area contributed by atoms with Crippen LogP contribution >= 0.6 is 0 Å². The summed E-state index contributed by atoms with van der Waals surface area (Å²) in [7, 11) is 0. The predicted molar refractivity (Wildman–Crippen MR) is 73.4 cm³/mol. The summed E-state index contributed by atoms with van der Waals surface area (Å²) < 4.78 is 34.1. The van der Waals surface area contributed by atoms with E-state index in [1.54, 1.807) is 18.2 Å². The van der Waals surface area contributed by atoms with Gasteiger partial charge in [-0.3, -0.25) is 0 Å². The first kappa shape index (κ1) is 16.8. The van der Waals surface area contributed by atoms with Gasteiger partial charge in [0.05, 0.1) is 39.6 Å². The molecule has 20 heavy (non-hydrogen) atoms. The van der Waals surface area contributed by atoms with E-state index in [2.05, 4.69) is 0 Å². The van der Waals surface area contributed by atoms with Gasteiger partial charge in [0.1, 0.15) is 6.61 Å². The molecule has 0 heterocycles. The summed E-state index contributed by atoms with van der Waals surface area (Å²) in [6.07, 6.45) is 0. The molecule has 0 aliphatic heterocycles. The summed E-state index contributed by atoms with van der Waals surface area (Å²) in [6, 6.07) is 6.28. The maximum atomic E-state index is 13.2. The van der Waals surface area contributed by atoms with Gasteiger partial charge >= 0.3 is 0 Å². The van der Waals surface area contributed by atoms with E-state index in [0.29, 0.717) is 52.8 Å². The Kier molecular flexibility index (Phi) is 9.77. The lowest BCUT2D eigenvalue weighted by atomic mass is 10.3. The Morgan fingerprint density at radius 2 is 1.35 bits per heavy atom. The third-order valence-electron chi connectivity index (χ3n) is 2.33. The Morgan fingerprint density at radius 3 is 1.95 bits per heavy atom. The van der Waals surface area contributed by atoms with Gasteiger partial charge in [0, 0.05) is 6.54 Å². The minimum atomic E-state index is -0.367. The van der Waals surface area contributed by atoms with E-state index < -0.39 is 0 Å². The largest absolute Gasteiger partial charge is 0.488 e. The summed E-state index contributed by atoms with van der Waals surface area (Å²) in [5, 5.41) is 0. The van der Waals surface area contributed by atoms with Gasteiger partial charge in [-0.1, -0.05) is 12.1 Å². The van der Waals surface area contributed by atoms with Crippen LogP contribution in [-0.2, 0) is 14.2 Å². The number of hydrogen-bond donors (Lipinski definition) is 1. The first-order valence-corrected chi connectivity index (χ1v) is 6.65. The van der Waals surface area contributed by atoms with Gasteiger partial charge in [0.25, 0.3) is 0 Å². The molecule has 0 aliphatic rings. The van der Waals surface area contributed by atoms with Crippen molar-refractivity contribution in [3.05, 3.63) is 30.1 Å². The number of benzene rings is 1. The fourth-order valence-corrected chi connectivity index (χ4v) is 1.40. The highest BCUT2D eigenvalue weighted by Gasteiger charge is 2.00. The van der Waals surface area contributed by atoms with Crippen molar-refractivity contribution in [3.63, 3.8) is 0 Å². The maximum absolute atomic E-state index is 13.2. The van der Waals surface area contributed by atoms with Crippen LogP contribution in [0.15, 0.2) is 24.3 Å². The summed E-state index contributed by atoms with van der Waals surface area (Å²) in [5.74, 6) is -0.127. The molecule has 0 aliphatic carbocycles. The van der Waals surface area contributed by atoms with Crippen molar-refractivity contribution in [2.24, 2.45) is 5.73 Å². The molecular weight excluding hydrogens is 265 g/mol. The fourth-order valence-electron chi connectivity index (χ4n) is 1.40. The third kappa shape index (κ3) is 8.06. The van der Waals surface area contributed by atoms with Crippen LogP contribution < -0.4 is 10.5 Å². The van der Waals surface area contributed by atoms with Crippen LogP contribution in [0.3, 0.4) is 0 Å². The molecule has 0 saturated heterocycles. The van der Waals surface area contributed by atoms with Gasteiger partial charge in [-0.15, -0.1) is 0 Å². The monoisotopic (exact) mass is 287 g/mol. The van der Waals surface area contributed by atoms with Crippen LogP contribution in [0.5, 0.6) is 5.75 Å². The zero-order valence-electron chi connectivity index (χ0n) is 11.6. The van der Waals surface area contributed by atoms with E-state index in [9.17, 15) is 4.39 Å². The Bertz CT molecular complexity index is 352. The van der Waals surface area contributed by atoms with Crippen LogP contribution in [0, 0.1) is 5.82 Å². The molecule has 0 atom stereocenters. The highest BCUT2D eigenvalue weighted by atomic mass is 19.1. The van der Waals surface area contributed by atoms with Gasteiger partial charge in [-0.05, 0) is 12.1 Å². The second-order valence-electron chi connectivity index (χ2n) is 3.90. The molecule has 0 amide bonds. The second kappa shape index (κ2) is 11.6. The molecule has 114 valence electrons. The van der Waals surface area contributed by atoms with Gasteiger partial charge in [0.15, 0.2) is 11.6 Å². The molecule has 6 heteroatoms. The van der Waals surface area contributed by atoms with Gasteiger partial charge in [0.2, 0.25) is 0 Å². The van der Waals surface area contributed by atoms with E-state index in [4.69, 9.17) is 24.7 Å². The van der Waals surface area contributed by atoms with E-state index >= 15 is 0 Å². The first-order chi connectivity index (χ1) is 9.84. The number of para-hydroxylation sites is 1. The number of ether oxygens (including phenoxy) is 4. The molecule has 0 unspecified atom stereocenters. The second-order valence-corrected chi connectivity index (χ2v) is 3.90. The SMILES string of the molecule is NCCOCCOCCOCCOc1ccccc1F. The van der Waals surface area contributed by atoms with Crippen molar-refractivity contribution in [2.45, 2.75) is 0 Å². The van der Waals surface area contributed by atoms with Crippen molar-refractivity contribution in [3.8, 4) is 5.75 Å². The quantitative estimate of drug-likeness (QED) is 0.586. The highest BCUT2D eigenvalue weighted by molar-refractivity contribution is 5.23. The maximum Gasteiger partial charge on any atom is 0.165 e. The number of nitrogens with two attached hydrogens (primary N) is 1. The summed E-state index contributed by atoms with van der Waals surface area (Å²) in [4.78, 5) is 0. The number of halogens is 1. The van der Waals surface area contributed by atoms with E-state index in [1.165, 1.54) is 6.07 Å². The zero-order valence-corrected chi connectivity index (χ0v) is 11.6. The molecule has 0 bridgehead atoms. The Labute approximate surface area is 118 Å². The zero-order chi connectivity index (χ0) is 14.5. The molecule has 5 nitrogen and oxygen atoms in total. The molecule has 0 spiro atoms. The summed E-state index contributed by atoms with van der Waals surface area (Å²) in [5.41, 5.74) is 5.27. The topological polar surface area (TPSA) is 62.9 Å². The Morgan fingerprint density at radius 1 is 0.800 bits per heavy atom. The van der Waals surface area contributed by atoms with Crippen LogP contribution in [0.1, 0.15) is 0 Å². The molecule has 1 rings (SSSR count). The van der Waals surface area contributed by atoms with Gasteiger partial charge < -0.3 is 24.7 Å². The fraction of sp³-hybridized carbons (Fsp3) is 0.571. The predicted octanol–water partition coefficient (Wildman–Crippen LogP) is 1.21. The van der Waals surface area contributed by atoms with Crippen LogP contribution in [0.4, 0.5) is 4.39 Å². The van der Waals surface area contributed by atoms with Gasteiger partial charge in [-0.25, -0.2) is 4.39 Å². The lowest BCUT2D eigenvalue weighted by Gasteiger charge is -2.08. The average Bonchev–Trinajstić information content (AvgIpc) is 2.46. The van der Waals surface area contributed by atoms with E-state index in [-0.39, 0.29) is 11.6 Å². The minimum Gasteiger partial charge on any atom is -0.488 e. The molecule has 0 saturated carbocycles. The lowest BCUT2D eigenvalue weighted by molar-refractivity contribution is 0.0104. The Hall–Kier alpha value is -1.21. The Balaban J connectivity index is 1.87. The molecular formula is C14H22FNO4. The molecule has 1 aromatic rings. The molecule has 0 fully saturated rings. The smallest absolute Gasteiger partial charge is 0.165 e. The normalized spacial score (nSPS) is 10.7. The van der Waals surface area contributed by atoms with Crippen molar-refractivity contribution in [1.29, 1.82) is 0 Å². The molecule has 0 aromatic heterocycles. The highest BCUT2D eigenvalue weighted by Crippen LogP contribution is 2.14. The molecule has 1 aromatic carbocycles. The van der Waals surface area contributed by atoms with Crippen molar-refractivity contribution >= 4 is 0 Å². The lowest BCUT2D eigenvalue weighted by Crippen LogP contribution is -2.14. The van der Waals surface area contributed by atoms with Crippen molar-refractivity contribution in [1.82, 2.24) is 0 Å². The van der Waals surface area contributed by atoms with Crippen LogP contribution in [-0.4, -0.2) is 52.8 Å². The van der Waals surface area contributed by atoms with Crippen molar-refractivity contribution in [2.75, 3.05) is 52.8 Å². The minimum absolute atomic E-state index is 0.240. The molecule has 0 radical (unpaired) electrons. The van der Waals surface area contributed by atoms with Gasteiger partial charge in [-0.2, -0.15) is 0 Å². The van der Waals surface area contributed by atoms with Crippen molar-refractivity contribution < 1.29 is 23.3 Å².